The van der Waals surface area contributed by atoms with Crippen molar-refractivity contribution in [2.45, 2.75) is 20.8 Å². The topological polar surface area (TPSA) is 54.9 Å². The van der Waals surface area contributed by atoms with Gasteiger partial charge in [0.15, 0.2) is 10.9 Å². The summed E-state index contributed by atoms with van der Waals surface area (Å²) in [6.45, 7) is 5.57. The first-order valence-electron chi connectivity index (χ1n) is 6.81. The molecule has 2 heterocycles. The molecule has 3 aromatic rings. The Morgan fingerprint density at radius 2 is 1.86 bits per heavy atom. The highest BCUT2D eigenvalue weighted by atomic mass is 32.1. The second-order valence-corrected chi connectivity index (χ2v) is 7.01. The Morgan fingerprint density at radius 1 is 1.14 bits per heavy atom. The zero-order valence-corrected chi connectivity index (χ0v) is 14.1. The Balaban J connectivity index is 1.79. The molecule has 0 radical (unpaired) electrons. The average Bonchev–Trinajstić information content (AvgIpc) is 3.06. The summed E-state index contributed by atoms with van der Waals surface area (Å²) in [5, 5.41) is 7.18. The van der Waals surface area contributed by atoms with E-state index in [9.17, 15) is 4.79 Å². The van der Waals surface area contributed by atoms with Gasteiger partial charge in [-0.1, -0.05) is 0 Å². The molecule has 0 saturated carbocycles. The molecule has 22 heavy (non-hydrogen) atoms. The number of rotatable bonds is 4. The molecule has 0 fully saturated rings. The molecule has 0 aliphatic carbocycles. The number of hydrogen-bond donors (Lipinski definition) is 1. The second-order valence-electron chi connectivity index (χ2n) is 4.94. The van der Waals surface area contributed by atoms with Crippen LogP contribution in [0.5, 0.6) is 0 Å². The zero-order chi connectivity index (χ0) is 15.7. The number of ketones is 1. The minimum absolute atomic E-state index is 0.0686. The Kier molecular flexibility index (Phi) is 4.04. The monoisotopic (exact) mass is 329 g/mol. The molecule has 0 aliphatic heterocycles. The summed E-state index contributed by atoms with van der Waals surface area (Å²) in [6, 6.07) is 7.41. The first-order chi connectivity index (χ1) is 10.5. The molecule has 0 aliphatic rings. The van der Waals surface area contributed by atoms with E-state index < -0.39 is 0 Å². The van der Waals surface area contributed by atoms with Crippen LogP contribution >= 0.6 is 22.7 Å². The first kappa shape index (κ1) is 14.9. The standard InChI is InChI=1S/C16H15N3OS2/c1-9-15(22-11(3)17-9)14-8-21-16(19-14)18-13-6-4-12(5-7-13)10(2)20/h4-8H,1-3H3,(H,18,19). The van der Waals surface area contributed by atoms with Crippen LogP contribution in [0.2, 0.25) is 0 Å². The molecular weight excluding hydrogens is 314 g/mol. The van der Waals surface area contributed by atoms with Crippen molar-refractivity contribution in [3.05, 3.63) is 45.9 Å². The molecule has 0 spiro atoms. The van der Waals surface area contributed by atoms with Gasteiger partial charge in [-0.05, 0) is 45.0 Å². The van der Waals surface area contributed by atoms with Crippen LogP contribution in [0.15, 0.2) is 29.6 Å². The molecule has 0 unspecified atom stereocenters. The molecule has 1 N–H and O–H groups in total. The number of benzene rings is 1. The van der Waals surface area contributed by atoms with E-state index in [0.29, 0.717) is 5.56 Å². The van der Waals surface area contributed by atoms with Crippen LogP contribution in [-0.2, 0) is 0 Å². The van der Waals surface area contributed by atoms with Gasteiger partial charge in [-0.2, -0.15) is 0 Å². The van der Waals surface area contributed by atoms with Gasteiger partial charge in [-0.25, -0.2) is 9.97 Å². The summed E-state index contributed by atoms with van der Waals surface area (Å²) < 4.78 is 0. The second kappa shape index (κ2) is 5.98. The predicted octanol–water partition coefficient (Wildman–Crippen LogP) is 4.83. The highest BCUT2D eigenvalue weighted by Crippen LogP contribution is 2.32. The molecule has 112 valence electrons. The zero-order valence-electron chi connectivity index (χ0n) is 12.5. The van der Waals surface area contributed by atoms with Crippen LogP contribution < -0.4 is 5.32 Å². The van der Waals surface area contributed by atoms with E-state index in [1.165, 1.54) is 0 Å². The Bertz CT molecular complexity index is 818. The number of aromatic nitrogens is 2. The number of aryl methyl sites for hydroxylation is 2. The van der Waals surface area contributed by atoms with Crippen LogP contribution in [0, 0.1) is 13.8 Å². The van der Waals surface area contributed by atoms with Gasteiger partial charge < -0.3 is 5.32 Å². The van der Waals surface area contributed by atoms with E-state index in [4.69, 9.17) is 0 Å². The van der Waals surface area contributed by atoms with Gasteiger partial charge in [0, 0.05) is 16.6 Å². The lowest BCUT2D eigenvalue weighted by Crippen LogP contribution is -1.93. The number of Topliss-reactive ketones (excluding diaryl/α,β-unsaturated/α-hetero) is 1. The summed E-state index contributed by atoms with van der Waals surface area (Å²) >= 11 is 3.22. The Hall–Kier alpha value is -2.05. The van der Waals surface area contributed by atoms with Crippen LogP contribution in [0.25, 0.3) is 10.6 Å². The lowest BCUT2D eigenvalue weighted by molar-refractivity contribution is 0.101. The maximum absolute atomic E-state index is 11.3. The van der Waals surface area contributed by atoms with Crippen molar-refractivity contribution in [2.75, 3.05) is 5.32 Å². The fourth-order valence-corrected chi connectivity index (χ4v) is 3.79. The Labute approximate surface area is 136 Å². The lowest BCUT2D eigenvalue weighted by Gasteiger charge is -2.03. The van der Waals surface area contributed by atoms with E-state index in [0.717, 1.165) is 32.1 Å². The van der Waals surface area contributed by atoms with Crippen molar-refractivity contribution in [1.82, 2.24) is 9.97 Å². The number of anilines is 2. The molecular formula is C16H15N3OS2. The number of thiazole rings is 2. The smallest absolute Gasteiger partial charge is 0.187 e. The summed E-state index contributed by atoms with van der Waals surface area (Å²) in [5.74, 6) is 0.0686. The Morgan fingerprint density at radius 3 is 2.45 bits per heavy atom. The number of carbonyl (C=O) groups is 1. The first-order valence-corrected chi connectivity index (χ1v) is 8.50. The lowest BCUT2D eigenvalue weighted by atomic mass is 10.1. The van der Waals surface area contributed by atoms with Gasteiger partial charge in [0.25, 0.3) is 0 Å². The fourth-order valence-electron chi connectivity index (χ4n) is 2.12. The summed E-state index contributed by atoms with van der Waals surface area (Å²) in [6.07, 6.45) is 0. The van der Waals surface area contributed by atoms with Crippen LogP contribution in [0.4, 0.5) is 10.8 Å². The van der Waals surface area contributed by atoms with Gasteiger partial charge in [-0.15, -0.1) is 22.7 Å². The van der Waals surface area contributed by atoms with Crippen molar-refractivity contribution in [1.29, 1.82) is 0 Å². The molecule has 0 atom stereocenters. The van der Waals surface area contributed by atoms with Crippen molar-refractivity contribution in [3.8, 4) is 10.6 Å². The molecule has 3 rings (SSSR count). The maximum Gasteiger partial charge on any atom is 0.187 e. The van der Waals surface area contributed by atoms with Gasteiger partial charge in [-0.3, -0.25) is 4.79 Å². The van der Waals surface area contributed by atoms with E-state index >= 15 is 0 Å². The van der Waals surface area contributed by atoms with Crippen molar-refractivity contribution in [3.63, 3.8) is 0 Å². The largest absolute Gasteiger partial charge is 0.332 e. The molecule has 0 saturated heterocycles. The van der Waals surface area contributed by atoms with E-state index in [2.05, 4.69) is 15.3 Å². The summed E-state index contributed by atoms with van der Waals surface area (Å²) in [7, 11) is 0. The number of hydrogen-bond acceptors (Lipinski definition) is 6. The third-order valence-electron chi connectivity index (χ3n) is 3.18. The predicted molar refractivity (Wildman–Crippen MR) is 92.4 cm³/mol. The van der Waals surface area contributed by atoms with E-state index in [1.807, 2.05) is 43.5 Å². The highest BCUT2D eigenvalue weighted by molar-refractivity contribution is 7.16. The van der Waals surface area contributed by atoms with Gasteiger partial charge in [0.05, 0.1) is 21.3 Å². The number of nitrogens with zero attached hydrogens (tertiary/aromatic N) is 2. The van der Waals surface area contributed by atoms with E-state index in [-0.39, 0.29) is 5.78 Å². The summed E-state index contributed by atoms with van der Waals surface area (Å²) in [4.78, 5) is 21.4. The average molecular weight is 329 g/mol. The van der Waals surface area contributed by atoms with Crippen molar-refractivity contribution in [2.24, 2.45) is 0 Å². The van der Waals surface area contributed by atoms with E-state index in [1.54, 1.807) is 29.6 Å². The van der Waals surface area contributed by atoms with Crippen LogP contribution in [0.3, 0.4) is 0 Å². The minimum Gasteiger partial charge on any atom is -0.332 e. The summed E-state index contributed by atoms with van der Waals surface area (Å²) in [5.41, 5.74) is 3.60. The maximum atomic E-state index is 11.3. The third-order valence-corrected chi connectivity index (χ3v) is 5.04. The number of carbonyl (C=O) groups excluding carboxylic acids is 1. The molecule has 1 aromatic carbocycles. The molecule has 0 bridgehead atoms. The molecule has 2 aromatic heterocycles. The normalized spacial score (nSPS) is 10.7. The fraction of sp³-hybridized carbons (Fsp3) is 0.188. The van der Waals surface area contributed by atoms with Crippen molar-refractivity contribution >= 4 is 39.3 Å². The third kappa shape index (κ3) is 3.08. The molecule has 4 nitrogen and oxygen atoms in total. The minimum atomic E-state index is 0.0686. The van der Waals surface area contributed by atoms with Crippen molar-refractivity contribution < 1.29 is 4.79 Å². The van der Waals surface area contributed by atoms with Crippen LogP contribution in [-0.4, -0.2) is 15.8 Å². The molecule has 0 amide bonds. The van der Waals surface area contributed by atoms with Crippen LogP contribution in [0.1, 0.15) is 28.0 Å². The van der Waals surface area contributed by atoms with Gasteiger partial charge >= 0.3 is 0 Å². The SMILES string of the molecule is CC(=O)c1ccc(Nc2nc(-c3sc(C)nc3C)cs2)cc1. The highest BCUT2D eigenvalue weighted by Gasteiger charge is 2.11. The van der Waals surface area contributed by atoms with Gasteiger partial charge in [0.2, 0.25) is 0 Å². The van der Waals surface area contributed by atoms with Gasteiger partial charge in [0.1, 0.15) is 0 Å². The molecule has 6 heteroatoms. The quantitative estimate of drug-likeness (QED) is 0.697. The number of nitrogens with one attached hydrogen (secondary N) is 1.